The molecule has 92 valence electrons. The number of ketones is 1. The summed E-state index contributed by atoms with van der Waals surface area (Å²) in [6.45, 7) is 1.96. The smallest absolute Gasteiger partial charge is 0.193 e. The van der Waals surface area contributed by atoms with Crippen LogP contribution in [0.5, 0.6) is 0 Å². The van der Waals surface area contributed by atoms with Crippen molar-refractivity contribution in [3.8, 4) is 0 Å². The second kappa shape index (κ2) is 5.05. The minimum atomic E-state index is 0.0804. The van der Waals surface area contributed by atoms with Crippen molar-refractivity contribution in [1.29, 1.82) is 0 Å². The first-order valence-corrected chi connectivity index (χ1v) is 5.97. The maximum atomic E-state index is 12.4. The third-order valence-electron chi connectivity index (χ3n) is 3.01. The van der Waals surface area contributed by atoms with Gasteiger partial charge in [0.05, 0.1) is 0 Å². The summed E-state index contributed by atoms with van der Waals surface area (Å²) in [5, 5.41) is 0. The SMILES string of the molecule is Cc1ccccc1C(=O)c1cccc(N(C)C)c1. The van der Waals surface area contributed by atoms with Crippen LogP contribution in [0.3, 0.4) is 0 Å². The summed E-state index contributed by atoms with van der Waals surface area (Å²) in [6, 6.07) is 15.4. The van der Waals surface area contributed by atoms with Gasteiger partial charge in [-0.1, -0.05) is 36.4 Å². The predicted molar refractivity (Wildman–Crippen MR) is 75.4 cm³/mol. The van der Waals surface area contributed by atoms with Gasteiger partial charge in [0.15, 0.2) is 5.78 Å². The molecule has 2 heteroatoms. The molecule has 0 bridgehead atoms. The Kier molecular flexibility index (Phi) is 3.47. The van der Waals surface area contributed by atoms with E-state index in [4.69, 9.17) is 0 Å². The Morgan fingerprint density at radius 1 is 1.00 bits per heavy atom. The molecule has 18 heavy (non-hydrogen) atoms. The van der Waals surface area contributed by atoms with Gasteiger partial charge in [0.1, 0.15) is 0 Å². The Labute approximate surface area is 108 Å². The van der Waals surface area contributed by atoms with Crippen molar-refractivity contribution in [2.45, 2.75) is 6.92 Å². The van der Waals surface area contributed by atoms with E-state index in [9.17, 15) is 4.79 Å². The van der Waals surface area contributed by atoms with Crippen LogP contribution >= 0.6 is 0 Å². The molecule has 2 aromatic rings. The molecule has 0 atom stereocenters. The summed E-state index contributed by atoms with van der Waals surface area (Å²) in [5.74, 6) is 0.0804. The van der Waals surface area contributed by atoms with Crippen LogP contribution < -0.4 is 4.90 Å². The van der Waals surface area contributed by atoms with Crippen LogP contribution in [0, 0.1) is 6.92 Å². The molecule has 0 aliphatic heterocycles. The summed E-state index contributed by atoms with van der Waals surface area (Å²) < 4.78 is 0. The second-order valence-electron chi connectivity index (χ2n) is 4.59. The van der Waals surface area contributed by atoms with Gasteiger partial charge in [-0.25, -0.2) is 0 Å². The van der Waals surface area contributed by atoms with E-state index in [0.717, 1.165) is 22.4 Å². The van der Waals surface area contributed by atoms with Crippen molar-refractivity contribution in [3.05, 3.63) is 65.2 Å². The predicted octanol–water partition coefficient (Wildman–Crippen LogP) is 3.29. The lowest BCUT2D eigenvalue weighted by Crippen LogP contribution is -2.10. The molecule has 0 spiro atoms. The number of aryl methyl sites for hydroxylation is 1. The Morgan fingerprint density at radius 2 is 1.72 bits per heavy atom. The molecule has 0 unspecified atom stereocenters. The van der Waals surface area contributed by atoms with Crippen LogP contribution in [-0.4, -0.2) is 19.9 Å². The van der Waals surface area contributed by atoms with Crippen LogP contribution in [0.25, 0.3) is 0 Å². The van der Waals surface area contributed by atoms with Gasteiger partial charge in [-0.05, 0) is 24.6 Å². The normalized spacial score (nSPS) is 10.2. The van der Waals surface area contributed by atoms with Crippen molar-refractivity contribution in [1.82, 2.24) is 0 Å². The zero-order valence-electron chi connectivity index (χ0n) is 11.0. The number of rotatable bonds is 3. The molecule has 0 aromatic heterocycles. The lowest BCUT2D eigenvalue weighted by Gasteiger charge is -2.13. The van der Waals surface area contributed by atoms with Gasteiger partial charge in [0, 0.05) is 30.9 Å². The summed E-state index contributed by atoms with van der Waals surface area (Å²) in [5.41, 5.74) is 3.55. The molecule has 0 N–H and O–H groups in total. The van der Waals surface area contributed by atoms with E-state index in [2.05, 4.69) is 0 Å². The highest BCUT2D eigenvalue weighted by Crippen LogP contribution is 2.18. The molecule has 2 aromatic carbocycles. The summed E-state index contributed by atoms with van der Waals surface area (Å²) in [7, 11) is 3.94. The Hall–Kier alpha value is -2.09. The fourth-order valence-electron chi connectivity index (χ4n) is 1.91. The van der Waals surface area contributed by atoms with Gasteiger partial charge < -0.3 is 4.90 Å². The number of benzene rings is 2. The highest BCUT2D eigenvalue weighted by Gasteiger charge is 2.11. The fraction of sp³-hybridized carbons (Fsp3) is 0.188. The summed E-state index contributed by atoms with van der Waals surface area (Å²) >= 11 is 0. The van der Waals surface area contributed by atoms with Crippen molar-refractivity contribution >= 4 is 11.5 Å². The number of hydrogen-bond donors (Lipinski definition) is 0. The molecule has 2 nitrogen and oxygen atoms in total. The zero-order chi connectivity index (χ0) is 13.1. The number of nitrogens with zero attached hydrogens (tertiary/aromatic N) is 1. The number of hydrogen-bond acceptors (Lipinski definition) is 2. The molecule has 0 saturated heterocycles. The number of anilines is 1. The molecule has 0 heterocycles. The summed E-state index contributed by atoms with van der Waals surface area (Å²) in [6.07, 6.45) is 0. The van der Waals surface area contributed by atoms with E-state index in [1.807, 2.05) is 74.4 Å². The van der Waals surface area contributed by atoms with E-state index >= 15 is 0 Å². The first-order chi connectivity index (χ1) is 8.59. The Bertz CT molecular complexity index is 573. The third-order valence-corrected chi connectivity index (χ3v) is 3.01. The lowest BCUT2D eigenvalue weighted by atomic mass is 9.99. The molecule has 0 saturated carbocycles. The van der Waals surface area contributed by atoms with Crippen molar-refractivity contribution in [2.24, 2.45) is 0 Å². The second-order valence-corrected chi connectivity index (χ2v) is 4.59. The molecule has 0 radical (unpaired) electrons. The maximum absolute atomic E-state index is 12.4. The van der Waals surface area contributed by atoms with Crippen LogP contribution in [0.4, 0.5) is 5.69 Å². The van der Waals surface area contributed by atoms with E-state index in [-0.39, 0.29) is 5.78 Å². The van der Waals surface area contributed by atoms with E-state index in [1.54, 1.807) is 0 Å². The molecule has 0 aliphatic carbocycles. The maximum Gasteiger partial charge on any atom is 0.193 e. The quantitative estimate of drug-likeness (QED) is 0.766. The van der Waals surface area contributed by atoms with Crippen molar-refractivity contribution in [2.75, 3.05) is 19.0 Å². The number of carbonyl (C=O) groups is 1. The highest BCUT2D eigenvalue weighted by atomic mass is 16.1. The van der Waals surface area contributed by atoms with Gasteiger partial charge >= 0.3 is 0 Å². The van der Waals surface area contributed by atoms with E-state index in [0.29, 0.717) is 0 Å². The molecule has 0 fully saturated rings. The first kappa shape index (κ1) is 12.4. The van der Waals surface area contributed by atoms with Crippen LogP contribution in [-0.2, 0) is 0 Å². The van der Waals surface area contributed by atoms with Crippen molar-refractivity contribution < 1.29 is 4.79 Å². The third kappa shape index (κ3) is 2.43. The van der Waals surface area contributed by atoms with Crippen LogP contribution in [0.1, 0.15) is 21.5 Å². The van der Waals surface area contributed by atoms with Gasteiger partial charge in [-0.15, -0.1) is 0 Å². The summed E-state index contributed by atoms with van der Waals surface area (Å²) in [4.78, 5) is 14.4. The highest BCUT2D eigenvalue weighted by molar-refractivity contribution is 6.10. The largest absolute Gasteiger partial charge is 0.378 e. The van der Waals surface area contributed by atoms with E-state index in [1.165, 1.54) is 0 Å². The lowest BCUT2D eigenvalue weighted by molar-refractivity contribution is 0.103. The molecule has 0 aliphatic rings. The Balaban J connectivity index is 2.41. The van der Waals surface area contributed by atoms with Gasteiger partial charge in [-0.2, -0.15) is 0 Å². The van der Waals surface area contributed by atoms with Gasteiger partial charge in [0.2, 0.25) is 0 Å². The number of carbonyl (C=O) groups excluding carboxylic acids is 1. The van der Waals surface area contributed by atoms with Gasteiger partial charge in [-0.3, -0.25) is 4.79 Å². The average Bonchev–Trinajstić information content (AvgIpc) is 2.38. The fourth-order valence-corrected chi connectivity index (χ4v) is 1.91. The molecule has 0 amide bonds. The van der Waals surface area contributed by atoms with E-state index < -0.39 is 0 Å². The van der Waals surface area contributed by atoms with Gasteiger partial charge in [0.25, 0.3) is 0 Å². The average molecular weight is 239 g/mol. The van der Waals surface area contributed by atoms with Crippen LogP contribution in [0.15, 0.2) is 48.5 Å². The monoisotopic (exact) mass is 239 g/mol. The topological polar surface area (TPSA) is 20.3 Å². The minimum absolute atomic E-state index is 0.0804. The molecule has 2 rings (SSSR count). The zero-order valence-corrected chi connectivity index (χ0v) is 11.0. The van der Waals surface area contributed by atoms with Crippen LogP contribution in [0.2, 0.25) is 0 Å². The Morgan fingerprint density at radius 3 is 2.39 bits per heavy atom. The first-order valence-electron chi connectivity index (χ1n) is 5.97. The van der Waals surface area contributed by atoms with Crippen molar-refractivity contribution in [3.63, 3.8) is 0 Å². The molecular weight excluding hydrogens is 222 g/mol. The minimum Gasteiger partial charge on any atom is -0.378 e. The standard InChI is InChI=1S/C16H17NO/c1-12-7-4-5-10-15(12)16(18)13-8-6-9-14(11-13)17(2)3/h4-11H,1-3H3. The molecular formula is C16H17NO.